The number of aromatic nitrogens is 3. The van der Waals surface area contributed by atoms with E-state index >= 15 is 0 Å². The van der Waals surface area contributed by atoms with Gasteiger partial charge in [-0.05, 0) is 42.8 Å². The van der Waals surface area contributed by atoms with Crippen LogP contribution in [0.5, 0.6) is 11.8 Å². The van der Waals surface area contributed by atoms with E-state index in [4.69, 9.17) is 21.1 Å². The zero-order valence-corrected chi connectivity index (χ0v) is 19.8. The van der Waals surface area contributed by atoms with Crippen molar-refractivity contribution in [2.45, 2.75) is 24.9 Å². The van der Waals surface area contributed by atoms with E-state index in [1.54, 1.807) is 57.1 Å². The van der Waals surface area contributed by atoms with Gasteiger partial charge in [0.15, 0.2) is 0 Å². The lowest BCUT2D eigenvalue weighted by Crippen LogP contribution is -2.50. The Kier molecular flexibility index (Phi) is 7.76. The second-order valence-electron chi connectivity index (χ2n) is 8.04. The molecule has 0 radical (unpaired) electrons. The van der Waals surface area contributed by atoms with Gasteiger partial charge in [-0.1, -0.05) is 11.6 Å². The largest absolute Gasteiger partial charge is 0.495 e. The number of hydrogen-bond acceptors (Lipinski definition) is 7. The maximum atomic E-state index is 12.7. The highest BCUT2D eigenvalue weighted by molar-refractivity contribution is 6.30. The first kappa shape index (κ1) is 23.7. The van der Waals surface area contributed by atoms with Crippen LogP contribution >= 0.6 is 11.6 Å². The fourth-order valence-corrected chi connectivity index (χ4v) is 4.15. The lowest BCUT2D eigenvalue weighted by atomic mass is 9.88. The van der Waals surface area contributed by atoms with Gasteiger partial charge in [-0.3, -0.25) is 9.88 Å². The fourth-order valence-electron chi connectivity index (χ4n) is 4.02. The normalized spacial score (nSPS) is 18.2. The van der Waals surface area contributed by atoms with Gasteiger partial charge in [0.2, 0.25) is 0 Å². The molecule has 1 aliphatic rings. The van der Waals surface area contributed by atoms with Crippen molar-refractivity contribution in [2.75, 3.05) is 32.6 Å². The number of anilines is 1. The summed E-state index contributed by atoms with van der Waals surface area (Å²) in [6.07, 6.45) is 6.02. The van der Waals surface area contributed by atoms with Gasteiger partial charge in [0, 0.05) is 66.0 Å². The summed E-state index contributed by atoms with van der Waals surface area (Å²) in [7, 11) is 3.16. The minimum atomic E-state index is -0.261. The van der Waals surface area contributed by atoms with Crippen LogP contribution in [-0.4, -0.2) is 59.2 Å². The molecule has 1 fully saturated rings. The van der Waals surface area contributed by atoms with E-state index < -0.39 is 0 Å². The predicted molar refractivity (Wildman–Crippen MR) is 129 cm³/mol. The van der Waals surface area contributed by atoms with Crippen LogP contribution in [0.25, 0.3) is 0 Å². The van der Waals surface area contributed by atoms with Crippen molar-refractivity contribution in [3.8, 4) is 11.8 Å². The molecular formula is C24H27ClN6O3. The minimum absolute atomic E-state index is 0.00482. The van der Waals surface area contributed by atoms with E-state index in [0.717, 1.165) is 30.8 Å². The van der Waals surface area contributed by atoms with Crippen LogP contribution in [-0.2, 0) is 6.54 Å². The smallest absolute Gasteiger partial charge is 0.319 e. The number of benzene rings is 1. The third-order valence-electron chi connectivity index (χ3n) is 5.76. The molecule has 3 heterocycles. The first-order chi connectivity index (χ1) is 16.5. The number of nitrogens with one attached hydrogen (secondary N) is 2. The molecule has 2 atom stereocenters. The average Bonchev–Trinajstić information content (AvgIpc) is 2.87. The quantitative estimate of drug-likeness (QED) is 0.529. The molecule has 178 valence electrons. The Bertz CT molecular complexity index is 1080. The van der Waals surface area contributed by atoms with Gasteiger partial charge in [0.25, 0.3) is 0 Å². The number of urea groups is 1. The molecule has 0 aliphatic carbocycles. The predicted octanol–water partition coefficient (Wildman–Crippen LogP) is 3.72. The van der Waals surface area contributed by atoms with Crippen LogP contribution < -0.4 is 20.1 Å². The Labute approximate surface area is 203 Å². The second-order valence-corrected chi connectivity index (χ2v) is 8.48. The standard InChI is InChI=1S/C24H27ClN6O3/c1-33-19-7-8-21(26-13-19)20-15-31(14-16-11-27-24(34-2)28-12-16)10-9-22(20)30-23(32)29-18-5-3-17(25)4-6-18/h3-8,11-13,20,22H,9-10,14-15H2,1-2H3,(H2,29,30,32)/t20-,22+/m0/s1. The molecule has 0 saturated carbocycles. The lowest BCUT2D eigenvalue weighted by molar-refractivity contribution is 0.166. The number of nitrogens with zero attached hydrogens (tertiary/aromatic N) is 4. The molecule has 2 N–H and O–H groups in total. The van der Waals surface area contributed by atoms with Crippen molar-refractivity contribution in [3.05, 3.63) is 71.3 Å². The van der Waals surface area contributed by atoms with Gasteiger partial charge in [0.05, 0.1) is 20.4 Å². The highest BCUT2D eigenvalue weighted by atomic mass is 35.5. The number of ether oxygens (including phenoxy) is 2. The molecule has 10 heteroatoms. The Morgan fingerprint density at radius 2 is 1.82 bits per heavy atom. The summed E-state index contributed by atoms with van der Waals surface area (Å²) in [5.41, 5.74) is 2.57. The molecule has 1 aliphatic heterocycles. The van der Waals surface area contributed by atoms with E-state index in [1.807, 2.05) is 12.1 Å². The first-order valence-electron chi connectivity index (χ1n) is 10.9. The number of hydrogen-bond donors (Lipinski definition) is 2. The van der Waals surface area contributed by atoms with Gasteiger partial charge in [-0.25, -0.2) is 14.8 Å². The van der Waals surface area contributed by atoms with Gasteiger partial charge < -0.3 is 20.1 Å². The summed E-state index contributed by atoms with van der Waals surface area (Å²) in [6, 6.07) is 10.9. The van der Waals surface area contributed by atoms with Gasteiger partial charge in [-0.15, -0.1) is 0 Å². The Hall–Kier alpha value is -3.43. The van der Waals surface area contributed by atoms with Crippen molar-refractivity contribution in [2.24, 2.45) is 0 Å². The van der Waals surface area contributed by atoms with Gasteiger partial charge >= 0.3 is 12.0 Å². The number of pyridine rings is 1. The molecular weight excluding hydrogens is 456 g/mol. The van der Waals surface area contributed by atoms with Crippen LogP contribution in [0.3, 0.4) is 0 Å². The van der Waals surface area contributed by atoms with Crippen molar-refractivity contribution >= 4 is 23.3 Å². The van der Waals surface area contributed by atoms with E-state index in [0.29, 0.717) is 29.0 Å². The number of piperidine rings is 1. The maximum Gasteiger partial charge on any atom is 0.319 e. The monoisotopic (exact) mass is 482 g/mol. The number of likely N-dealkylation sites (tertiary alicyclic amines) is 1. The molecule has 1 saturated heterocycles. The number of rotatable bonds is 7. The molecule has 0 spiro atoms. The Balaban J connectivity index is 1.46. The molecule has 1 aromatic carbocycles. The SMILES string of the molecule is COc1ccc([C@@H]2CN(Cc3cnc(OC)nc3)CC[C@H]2NC(=O)Nc2ccc(Cl)cc2)nc1. The van der Waals surface area contributed by atoms with Crippen molar-refractivity contribution in [3.63, 3.8) is 0 Å². The summed E-state index contributed by atoms with van der Waals surface area (Å²) in [5, 5.41) is 6.63. The van der Waals surface area contributed by atoms with Crippen molar-refractivity contribution < 1.29 is 14.3 Å². The Morgan fingerprint density at radius 3 is 2.47 bits per heavy atom. The zero-order valence-electron chi connectivity index (χ0n) is 19.1. The van der Waals surface area contributed by atoms with Crippen LogP contribution in [0.2, 0.25) is 5.02 Å². The van der Waals surface area contributed by atoms with Crippen molar-refractivity contribution in [1.29, 1.82) is 0 Å². The molecule has 0 unspecified atom stereocenters. The van der Waals surface area contributed by atoms with Gasteiger partial charge in [-0.2, -0.15) is 0 Å². The summed E-state index contributed by atoms with van der Waals surface area (Å²) >= 11 is 5.94. The van der Waals surface area contributed by atoms with E-state index in [9.17, 15) is 4.79 Å². The molecule has 3 aromatic rings. The molecule has 0 bridgehead atoms. The van der Waals surface area contributed by atoms with Crippen LogP contribution in [0, 0.1) is 0 Å². The fraction of sp³-hybridized carbons (Fsp3) is 0.333. The number of methoxy groups -OCH3 is 2. The summed E-state index contributed by atoms with van der Waals surface area (Å²) in [5.74, 6) is 0.687. The molecule has 4 rings (SSSR count). The molecule has 34 heavy (non-hydrogen) atoms. The number of halogens is 1. The van der Waals surface area contributed by atoms with Crippen LogP contribution in [0.4, 0.5) is 10.5 Å². The first-order valence-corrected chi connectivity index (χ1v) is 11.3. The lowest BCUT2D eigenvalue weighted by Gasteiger charge is -2.38. The minimum Gasteiger partial charge on any atom is -0.495 e. The van der Waals surface area contributed by atoms with Gasteiger partial charge in [0.1, 0.15) is 5.75 Å². The third-order valence-corrected chi connectivity index (χ3v) is 6.01. The Morgan fingerprint density at radius 1 is 1.06 bits per heavy atom. The maximum absolute atomic E-state index is 12.7. The summed E-state index contributed by atoms with van der Waals surface area (Å²) in [4.78, 5) is 28.1. The van der Waals surface area contributed by atoms with Crippen molar-refractivity contribution in [1.82, 2.24) is 25.2 Å². The number of amides is 2. The van der Waals surface area contributed by atoms with E-state index in [2.05, 4.69) is 30.5 Å². The van der Waals surface area contributed by atoms with Crippen LogP contribution in [0.15, 0.2) is 55.0 Å². The highest BCUT2D eigenvalue weighted by Gasteiger charge is 2.32. The summed E-state index contributed by atoms with van der Waals surface area (Å²) in [6.45, 7) is 2.22. The molecule has 9 nitrogen and oxygen atoms in total. The van der Waals surface area contributed by atoms with Crippen LogP contribution in [0.1, 0.15) is 23.6 Å². The zero-order chi connectivity index (χ0) is 23.9. The molecule has 2 aromatic heterocycles. The van der Waals surface area contributed by atoms with E-state index in [-0.39, 0.29) is 18.0 Å². The van der Waals surface area contributed by atoms with E-state index in [1.165, 1.54) is 0 Å². The molecule has 2 amide bonds. The summed E-state index contributed by atoms with van der Waals surface area (Å²) < 4.78 is 10.3. The topological polar surface area (TPSA) is 102 Å². The third kappa shape index (κ3) is 6.12. The number of carbonyl (C=O) groups excluding carboxylic acids is 1. The number of carbonyl (C=O) groups is 1. The highest BCUT2D eigenvalue weighted by Crippen LogP contribution is 2.28. The average molecular weight is 483 g/mol. The second kappa shape index (κ2) is 11.1.